The predicted octanol–water partition coefficient (Wildman–Crippen LogP) is 5.12. The van der Waals surface area contributed by atoms with Crippen LogP contribution in [0.4, 0.5) is 22.7 Å². The summed E-state index contributed by atoms with van der Waals surface area (Å²) in [6, 6.07) is 29.0. The van der Waals surface area contributed by atoms with Crippen molar-refractivity contribution in [3.63, 3.8) is 0 Å². The fraction of sp³-hybridized carbons (Fsp3) is 0.148. The first-order valence-electron chi connectivity index (χ1n) is 11.1. The summed E-state index contributed by atoms with van der Waals surface area (Å²) in [6.07, 6.45) is 2.37. The Kier molecular flexibility index (Phi) is 3.33. The van der Waals surface area contributed by atoms with Gasteiger partial charge >= 0.3 is 6.98 Å². The number of rotatable bonds is 2. The molecule has 4 heteroatoms. The number of pyridine rings is 1. The van der Waals surface area contributed by atoms with Crippen molar-refractivity contribution in [1.29, 1.82) is 0 Å². The van der Waals surface area contributed by atoms with Crippen LogP contribution in [0.3, 0.4) is 0 Å². The van der Waals surface area contributed by atoms with Crippen LogP contribution in [0, 0.1) is 0 Å². The Labute approximate surface area is 183 Å². The Hall–Kier alpha value is -3.53. The fourth-order valence-electron chi connectivity index (χ4n) is 5.65. The lowest BCUT2D eigenvalue weighted by molar-refractivity contribution is -0.672. The third-order valence-electron chi connectivity index (χ3n) is 7.03. The SMILES string of the molecule is CC(C)c1cc2c3[n+](c1)Cc1cccc(c1-3)B1N(c3ccccc3)c3ccccc3N12. The van der Waals surface area contributed by atoms with E-state index in [4.69, 9.17) is 0 Å². The number of para-hydroxylation sites is 3. The van der Waals surface area contributed by atoms with Gasteiger partial charge in [-0.2, -0.15) is 4.57 Å². The molecule has 3 aromatic carbocycles. The van der Waals surface area contributed by atoms with Crippen LogP contribution in [0.1, 0.15) is 30.9 Å². The lowest BCUT2D eigenvalue weighted by Crippen LogP contribution is -2.56. The van der Waals surface area contributed by atoms with E-state index in [-0.39, 0.29) is 6.98 Å². The number of anilines is 4. The smallest absolute Gasteiger partial charge is 0.360 e. The lowest BCUT2D eigenvalue weighted by atomic mass is 9.59. The first-order valence-corrected chi connectivity index (χ1v) is 11.1. The van der Waals surface area contributed by atoms with Gasteiger partial charge in [0.05, 0.1) is 16.9 Å². The van der Waals surface area contributed by atoms with E-state index in [0.29, 0.717) is 5.92 Å². The number of aromatic nitrogens is 1. The quantitative estimate of drug-likeness (QED) is 0.301. The van der Waals surface area contributed by atoms with E-state index < -0.39 is 0 Å². The molecule has 0 amide bonds. The van der Waals surface area contributed by atoms with Gasteiger partial charge in [-0.15, -0.1) is 0 Å². The molecule has 3 aliphatic rings. The summed E-state index contributed by atoms with van der Waals surface area (Å²) in [5.74, 6) is 0.487. The molecule has 148 valence electrons. The molecule has 0 N–H and O–H groups in total. The number of benzene rings is 3. The first-order chi connectivity index (χ1) is 15.2. The molecule has 7 rings (SSSR count). The molecule has 0 radical (unpaired) electrons. The van der Waals surface area contributed by atoms with Gasteiger partial charge < -0.3 is 9.62 Å². The Morgan fingerprint density at radius 3 is 2.32 bits per heavy atom. The summed E-state index contributed by atoms with van der Waals surface area (Å²) in [5.41, 5.74) is 12.1. The van der Waals surface area contributed by atoms with Crippen LogP contribution >= 0.6 is 0 Å². The molecular weight excluding hydrogens is 377 g/mol. The number of fused-ring (bicyclic) bond motifs is 5. The first kappa shape index (κ1) is 17.2. The van der Waals surface area contributed by atoms with E-state index in [2.05, 4.69) is 113 Å². The van der Waals surface area contributed by atoms with Crippen molar-refractivity contribution in [2.24, 2.45) is 0 Å². The number of hydrogen-bond acceptors (Lipinski definition) is 2. The number of nitrogens with zero attached hydrogens (tertiary/aromatic N) is 3. The maximum Gasteiger partial charge on any atom is 0.421 e. The van der Waals surface area contributed by atoms with Gasteiger partial charge in [0.15, 0.2) is 12.7 Å². The molecule has 3 aliphatic heterocycles. The van der Waals surface area contributed by atoms with Gasteiger partial charge in [-0.05, 0) is 41.7 Å². The van der Waals surface area contributed by atoms with Crippen LogP contribution in [0.2, 0.25) is 0 Å². The zero-order valence-electron chi connectivity index (χ0n) is 17.8. The van der Waals surface area contributed by atoms with Gasteiger partial charge in [-0.25, -0.2) is 0 Å². The highest BCUT2D eigenvalue weighted by atomic mass is 15.3. The molecule has 0 atom stereocenters. The van der Waals surface area contributed by atoms with Crippen molar-refractivity contribution in [1.82, 2.24) is 0 Å². The van der Waals surface area contributed by atoms with Crippen molar-refractivity contribution in [3.8, 4) is 11.3 Å². The van der Waals surface area contributed by atoms with Gasteiger partial charge in [0, 0.05) is 16.8 Å². The minimum Gasteiger partial charge on any atom is -0.360 e. The van der Waals surface area contributed by atoms with Crippen molar-refractivity contribution in [2.75, 3.05) is 9.62 Å². The minimum absolute atomic E-state index is 0.121. The summed E-state index contributed by atoms with van der Waals surface area (Å²) in [5, 5.41) is 0. The summed E-state index contributed by atoms with van der Waals surface area (Å²) < 4.78 is 2.48. The molecule has 4 heterocycles. The van der Waals surface area contributed by atoms with Crippen molar-refractivity contribution < 1.29 is 4.57 Å². The highest BCUT2D eigenvalue weighted by molar-refractivity contribution is 6.86. The lowest BCUT2D eigenvalue weighted by Gasteiger charge is -2.34. The molecule has 0 saturated carbocycles. The van der Waals surface area contributed by atoms with E-state index in [9.17, 15) is 0 Å². The van der Waals surface area contributed by atoms with Gasteiger partial charge in [-0.1, -0.05) is 62.4 Å². The van der Waals surface area contributed by atoms with Crippen LogP contribution in [0.5, 0.6) is 0 Å². The average molecular weight is 400 g/mol. The van der Waals surface area contributed by atoms with Crippen LogP contribution in [0.25, 0.3) is 11.3 Å². The molecule has 3 nitrogen and oxygen atoms in total. The highest BCUT2D eigenvalue weighted by Crippen LogP contribution is 2.51. The van der Waals surface area contributed by atoms with E-state index in [1.807, 2.05) is 0 Å². The van der Waals surface area contributed by atoms with Crippen LogP contribution in [-0.2, 0) is 6.54 Å². The van der Waals surface area contributed by atoms with Crippen molar-refractivity contribution in [2.45, 2.75) is 26.3 Å². The third-order valence-corrected chi connectivity index (χ3v) is 7.03. The summed E-state index contributed by atoms with van der Waals surface area (Å²) in [7, 11) is 0. The predicted molar refractivity (Wildman–Crippen MR) is 128 cm³/mol. The molecule has 0 aliphatic carbocycles. The fourth-order valence-corrected chi connectivity index (χ4v) is 5.65. The molecule has 0 spiro atoms. The molecule has 0 fully saturated rings. The van der Waals surface area contributed by atoms with E-state index in [1.165, 1.54) is 50.6 Å². The molecular formula is C27H23BN3+. The molecule has 4 aromatic rings. The minimum atomic E-state index is 0.121. The molecule has 31 heavy (non-hydrogen) atoms. The van der Waals surface area contributed by atoms with Gasteiger partial charge in [0.2, 0.25) is 5.69 Å². The standard InChI is InChI=1S/C27H23BN3/c1-18(2)20-15-25-27-26-19(16-29(27)17-20)9-8-12-22(26)28-30(21-10-4-3-5-11-21)23-13-6-7-14-24(23)31(25)28/h3-15,17-18H,16H2,1-2H3/q+1. The topological polar surface area (TPSA) is 10.4 Å². The van der Waals surface area contributed by atoms with Gasteiger partial charge in [0.25, 0.3) is 0 Å². The van der Waals surface area contributed by atoms with Crippen LogP contribution in [0.15, 0.2) is 85.1 Å². The summed E-state index contributed by atoms with van der Waals surface area (Å²) >= 11 is 0. The van der Waals surface area contributed by atoms with E-state index in [0.717, 1.165) is 6.54 Å². The highest BCUT2D eigenvalue weighted by Gasteiger charge is 2.52. The zero-order chi connectivity index (χ0) is 20.7. The van der Waals surface area contributed by atoms with Crippen molar-refractivity contribution >= 4 is 35.2 Å². The average Bonchev–Trinajstić information content (AvgIpc) is 3.35. The van der Waals surface area contributed by atoms with Crippen LogP contribution < -0.4 is 19.7 Å². The Morgan fingerprint density at radius 2 is 1.55 bits per heavy atom. The number of hydrogen-bond donors (Lipinski definition) is 0. The van der Waals surface area contributed by atoms with E-state index in [1.54, 1.807) is 0 Å². The normalized spacial score (nSPS) is 14.7. The largest absolute Gasteiger partial charge is 0.421 e. The van der Waals surface area contributed by atoms with Gasteiger partial charge in [0.1, 0.15) is 5.69 Å². The Bertz CT molecular complexity index is 1360. The Morgan fingerprint density at radius 1 is 0.806 bits per heavy atom. The van der Waals surface area contributed by atoms with Crippen molar-refractivity contribution in [3.05, 3.63) is 96.2 Å². The second kappa shape index (κ2) is 6.01. The van der Waals surface area contributed by atoms with Gasteiger partial charge in [-0.3, -0.25) is 0 Å². The maximum absolute atomic E-state index is 2.57. The molecule has 0 unspecified atom stereocenters. The maximum atomic E-state index is 2.57. The summed E-state index contributed by atoms with van der Waals surface area (Å²) in [6.45, 7) is 5.66. The summed E-state index contributed by atoms with van der Waals surface area (Å²) in [4.78, 5) is 5.08. The monoisotopic (exact) mass is 400 g/mol. The molecule has 0 bridgehead atoms. The molecule has 0 saturated heterocycles. The molecule has 1 aromatic heterocycles. The van der Waals surface area contributed by atoms with E-state index >= 15 is 0 Å². The zero-order valence-corrected chi connectivity index (χ0v) is 17.8. The van der Waals surface area contributed by atoms with Crippen LogP contribution in [-0.4, -0.2) is 6.98 Å². The Balaban J connectivity index is 1.58. The third kappa shape index (κ3) is 2.17. The second-order valence-corrected chi connectivity index (χ2v) is 9.11. The second-order valence-electron chi connectivity index (χ2n) is 9.11.